The zero-order chi connectivity index (χ0) is 10.8. The van der Waals surface area contributed by atoms with Crippen LogP contribution in [0.15, 0.2) is 30.3 Å². The molecular weight excluding hydrogens is 212 g/mol. The number of nitrogens with two attached hydrogens (primary N) is 1. The number of aryl methyl sites for hydroxylation is 1. The first kappa shape index (κ1) is 10.1. The summed E-state index contributed by atoms with van der Waals surface area (Å²) < 4.78 is 1.60. The van der Waals surface area contributed by atoms with E-state index in [0.29, 0.717) is 5.82 Å². The Bertz CT molecular complexity index is 452. The number of rotatable bonds is 2. The average molecular weight is 223 g/mol. The molecule has 5 heteroatoms. The van der Waals surface area contributed by atoms with Gasteiger partial charge in [0.15, 0.2) is 0 Å². The standard InChI is InChI=1S/C10H11ClN4/c1-15-9(13-10(11)14-15)8(12)7-5-3-2-4-6-7/h2-6,8H,12H2,1H3. The van der Waals surface area contributed by atoms with Gasteiger partial charge in [-0.15, -0.1) is 5.10 Å². The molecule has 15 heavy (non-hydrogen) atoms. The van der Waals surface area contributed by atoms with Crippen LogP contribution in [0.4, 0.5) is 0 Å². The second-order valence-corrected chi connectivity index (χ2v) is 3.59. The maximum absolute atomic E-state index is 6.05. The molecule has 0 aliphatic heterocycles. The first-order valence-electron chi connectivity index (χ1n) is 4.55. The molecule has 4 nitrogen and oxygen atoms in total. The Morgan fingerprint density at radius 1 is 1.33 bits per heavy atom. The van der Waals surface area contributed by atoms with Crippen LogP contribution in [0.5, 0.6) is 0 Å². The fraction of sp³-hybridized carbons (Fsp3) is 0.200. The lowest BCUT2D eigenvalue weighted by molar-refractivity contribution is 0.659. The van der Waals surface area contributed by atoms with Crippen LogP contribution in [0.3, 0.4) is 0 Å². The summed E-state index contributed by atoms with van der Waals surface area (Å²) in [6.45, 7) is 0. The van der Waals surface area contributed by atoms with Crippen molar-refractivity contribution < 1.29 is 0 Å². The number of hydrogen-bond acceptors (Lipinski definition) is 3. The van der Waals surface area contributed by atoms with Crippen molar-refractivity contribution in [3.05, 3.63) is 47.0 Å². The van der Waals surface area contributed by atoms with Crippen LogP contribution in [0.2, 0.25) is 5.28 Å². The first-order valence-corrected chi connectivity index (χ1v) is 4.93. The third-order valence-electron chi connectivity index (χ3n) is 2.21. The fourth-order valence-corrected chi connectivity index (χ4v) is 1.64. The number of halogens is 1. The molecule has 2 rings (SSSR count). The quantitative estimate of drug-likeness (QED) is 0.838. The molecule has 0 spiro atoms. The van der Waals surface area contributed by atoms with E-state index in [2.05, 4.69) is 10.1 Å². The maximum atomic E-state index is 6.05. The summed E-state index contributed by atoms with van der Waals surface area (Å²) in [5.41, 5.74) is 7.04. The molecule has 0 aliphatic carbocycles. The Kier molecular flexibility index (Phi) is 2.70. The Hall–Kier alpha value is -1.39. The molecule has 0 amide bonds. The zero-order valence-corrected chi connectivity index (χ0v) is 9.02. The van der Waals surface area contributed by atoms with E-state index in [1.165, 1.54) is 0 Å². The van der Waals surface area contributed by atoms with Gasteiger partial charge >= 0.3 is 0 Å². The van der Waals surface area contributed by atoms with Crippen LogP contribution in [-0.4, -0.2) is 14.8 Å². The molecule has 0 fully saturated rings. The first-order chi connectivity index (χ1) is 7.18. The van der Waals surface area contributed by atoms with E-state index >= 15 is 0 Å². The summed E-state index contributed by atoms with van der Waals surface area (Å²) in [5.74, 6) is 0.659. The van der Waals surface area contributed by atoms with Gasteiger partial charge in [0.2, 0.25) is 5.28 Å². The SMILES string of the molecule is Cn1nc(Cl)nc1C(N)c1ccccc1. The molecule has 1 unspecified atom stereocenters. The molecule has 1 aromatic carbocycles. The lowest BCUT2D eigenvalue weighted by Crippen LogP contribution is -2.16. The van der Waals surface area contributed by atoms with E-state index in [9.17, 15) is 0 Å². The molecule has 2 aromatic rings. The summed E-state index contributed by atoms with van der Waals surface area (Å²) in [6.07, 6.45) is 0. The second kappa shape index (κ2) is 4.00. The monoisotopic (exact) mass is 222 g/mol. The minimum absolute atomic E-state index is 0.221. The molecule has 0 saturated heterocycles. The van der Waals surface area contributed by atoms with E-state index in [-0.39, 0.29) is 11.3 Å². The highest BCUT2D eigenvalue weighted by molar-refractivity contribution is 6.28. The van der Waals surface area contributed by atoms with Crippen LogP contribution in [0.1, 0.15) is 17.4 Å². The van der Waals surface area contributed by atoms with Gasteiger partial charge < -0.3 is 5.73 Å². The maximum Gasteiger partial charge on any atom is 0.242 e. The normalized spacial score (nSPS) is 12.7. The number of aromatic nitrogens is 3. The predicted octanol–water partition coefficient (Wildman–Crippen LogP) is 1.52. The summed E-state index contributed by atoms with van der Waals surface area (Å²) in [4.78, 5) is 4.08. The molecule has 1 atom stereocenters. The van der Waals surface area contributed by atoms with Gasteiger partial charge in [-0.25, -0.2) is 4.68 Å². The third-order valence-corrected chi connectivity index (χ3v) is 2.37. The van der Waals surface area contributed by atoms with Crippen LogP contribution >= 0.6 is 11.6 Å². The van der Waals surface area contributed by atoms with Crippen molar-refractivity contribution in [1.29, 1.82) is 0 Å². The van der Waals surface area contributed by atoms with E-state index in [4.69, 9.17) is 17.3 Å². The van der Waals surface area contributed by atoms with Gasteiger partial charge in [0, 0.05) is 7.05 Å². The van der Waals surface area contributed by atoms with Crippen molar-refractivity contribution in [2.45, 2.75) is 6.04 Å². The Labute approximate surface area is 92.7 Å². The van der Waals surface area contributed by atoms with Gasteiger partial charge in [-0.1, -0.05) is 30.3 Å². The van der Waals surface area contributed by atoms with E-state index in [1.54, 1.807) is 11.7 Å². The molecular formula is C10H11ClN4. The van der Waals surface area contributed by atoms with Crippen LogP contribution in [0.25, 0.3) is 0 Å². The Balaban J connectivity index is 2.36. The van der Waals surface area contributed by atoms with Gasteiger partial charge in [0.25, 0.3) is 0 Å². The van der Waals surface area contributed by atoms with Crippen molar-refractivity contribution in [3.8, 4) is 0 Å². The van der Waals surface area contributed by atoms with Gasteiger partial charge in [0.1, 0.15) is 5.82 Å². The van der Waals surface area contributed by atoms with Gasteiger partial charge in [-0.2, -0.15) is 4.98 Å². The number of benzene rings is 1. The predicted molar refractivity (Wildman–Crippen MR) is 58.5 cm³/mol. The topological polar surface area (TPSA) is 56.7 Å². The summed E-state index contributed by atoms with van der Waals surface area (Å²) >= 11 is 5.70. The zero-order valence-electron chi connectivity index (χ0n) is 8.26. The van der Waals surface area contributed by atoms with Crippen LogP contribution in [0, 0.1) is 0 Å². The third kappa shape index (κ3) is 2.00. The smallest absolute Gasteiger partial charge is 0.242 e. The fourth-order valence-electron chi connectivity index (χ4n) is 1.44. The molecule has 2 N–H and O–H groups in total. The van der Waals surface area contributed by atoms with E-state index in [1.807, 2.05) is 30.3 Å². The molecule has 1 aromatic heterocycles. The molecule has 78 valence electrons. The van der Waals surface area contributed by atoms with Crippen molar-refractivity contribution in [2.24, 2.45) is 12.8 Å². The summed E-state index contributed by atoms with van der Waals surface area (Å²) in [6, 6.07) is 9.43. The highest BCUT2D eigenvalue weighted by atomic mass is 35.5. The largest absolute Gasteiger partial charge is 0.318 e. The molecule has 0 saturated carbocycles. The van der Waals surface area contributed by atoms with Gasteiger partial charge in [-0.3, -0.25) is 0 Å². The number of hydrogen-bond donors (Lipinski definition) is 1. The summed E-state index contributed by atoms with van der Waals surface area (Å²) in [5, 5.41) is 4.17. The van der Waals surface area contributed by atoms with Crippen LogP contribution in [-0.2, 0) is 7.05 Å². The molecule has 0 aliphatic rings. The van der Waals surface area contributed by atoms with E-state index in [0.717, 1.165) is 5.56 Å². The van der Waals surface area contributed by atoms with Crippen molar-refractivity contribution in [1.82, 2.24) is 14.8 Å². The minimum atomic E-state index is -0.295. The van der Waals surface area contributed by atoms with Crippen LogP contribution < -0.4 is 5.73 Å². The lowest BCUT2D eigenvalue weighted by Gasteiger charge is -2.10. The lowest BCUT2D eigenvalue weighted by atomic mass is 10.1. The second-order valence-electron chi connectivity index (χ2n) is 3.25. The Morgan fingerprint density at radius 2 is 2.00 bits per heavy atom. The molecule has 0 radical (unpaired) electrons. The van der Waals surface area contributed by atoms with Crippen molar-refractivity contribution in [3.63, 3.8) is 0 Å². The van der Waals surface area contributed by atoms with Crippen molar-refractivity contribution in [2.75, 3.05) is 0 Å². The van der Waals surface area contributed by atoms with Crippen molar-refractivity contribution >= 4 is 11.6 Å². The minimum Gasteiger partial charge on any atom is -0.318 e. The molecule has 1 heterocycles. The van der Waals surface area contributed by atoms with Gasteiger partial charge in [0.05, 0.1) is 6.04 Å². The molecule has 0 bridgehead atoms. The van der Waals surface area contributed by atoms with E-state index < -0.39 is 0 Å². The number of nitrogens with zero attached hydrogens (tertiary/aromatic N) is 3. The Morgan fingerprint density at radius 3 is 2.53 bits per heavy atom. The highest BCUT2D eigenvalue weighted by Crippen LogP contribution is 2.17. The summed E-state index contributed by atoms with van der Waals surface area (Å²) in [7, 11) is 1.77. The average Bonchev–Trinajstić information content (AvgIpc) is 2.58. The highest BCUT2D eigenvalue weighted by Gasteiger charge is 2.15. The van der Waals surface area contributed by atoms with Gasteiger partial charge in [-0.05, 0) is 17.2 Å².